The van der Waals surface area contributed by atoms with Crippen LogP contribution in [0.3, 0.4) is 0 Å². The van der Waals surface area contributed by atoms with Gasteiger partial charge in [0.25, 0.3) is 11.8 Å². The minimum absolute atomic E-state index is 0.0592. The number of piperazine rings is 1. The van der Waals surface area contributed by atoms with Crippen LogP contribution in [0.4, 0.5) is 8.78 Å². The maximum Gasteiger partial charge on any atom is 0.276 e. The SMILES string of the molecule is CC(C)[C@@H]1CO[C@H]2CN3C=C(C(=O)NCc4ccc(F)cc4F)C(O)C(O)=C3C(=O)N21. The lowest BCUT2D eigenvalue weighted by Gasteiger charge is -2.42. The van der Waals surface area contributed by atoms with Crippen LogP contribution in [-0.2, 0) is 20.9 Å². The molecule has 10 heteroatoms. The first-order valence-electron chi connectivity index (χ1n) is 9.95. The highest BCUT2D eigenvalue weighted by Gasteiger charge is 2.49. The Balaban J connectivity index is 1.53. The first-order valence-corrected chi connectivity index (χ1v) is 9.95. The monoisotopic (exact) mass is 435 g/mol. The summed E-state index contributed by atoms with van der Waals surface area (Å²) >= 11 is 0. The summed E-state index contributed by atoms with van der Waals surface area (Å²) in [6, 6.07) is 2.81. The Labute approximate surface area is 177 Å². The molecule has 0 spiro atoms. The van der Waals surface area contributed by atoms with E-state index < -0.39 is 41.5 Å². The topological polar surface area (TPSA) is 102 Å². The Morgan fingerprint density at radius 1 is 1.35 bits per heavy atom. The molecule has 31 heavy (non-hydrogen) atoms. The quantitative estimate of drug-likeness (QED) is 0.656. The Bertz CT molecular complexity index is 993. The van der Waals surface area contributed by atoms with Crippen LogP contribution in [0.25, 0.3) is 0 Å². The third-order valence-electron chi connectivity index (χ3n) is 5.78. The van der Waals surface area contributed by atoms with Gasteiger partial charge >= 0.3 is 0 Å². The molecule has 0 aromatic heterocycles. The summed E-state index contributed by atoms with van der Waals surface area (Å²) < 4.78 is 32.6. The predicted molar refractivity (Wildman–Crippen MR) is 104 cm³/mol. The van der Waals surface area contributed by atoms with Crippen molar-refractivity contribution in [3.63, 3.8) is 0 Å². The van der Waals surface area contributed by atoms with E-state index in [0.717, 1.165) is 6.07 Å². The summed E-state index contributed by atoms with van der Waals surface area (Å²) in [5.74, 6) is -3.28. The number of rotatable bonds is 4. The van der Waals surface area contributed by atoms with Crippen molar-refractivity contribution in [3.05, 3.63) is 58.6 Å². The fraction of sp³-hybridized carbons (Fsp3) is 0.429. The molecular formula is C21H23F2N3O5. The lowest BCUT2D eigenvalue weighted by Crippen LogP contribution is -2.56. The van der Waals surface area contributed by atoms with Gasteiger partial charge in [-0.2, -0.15) is 0 Å². The molecule has 3 aliphatic rings. The molecule has 2 amide bonds. The number of aliphatic hydroxyl groups excluding tert-OH is 2. The minimum atomic E-state index is -1.72. The molecule has 166 valence electrons. The molecule has 1 unspecified atom stereocenters. The van der Waals surface area contributed by atoms with Gasteiger partial charge < -0.3 is 30.1 Å². The van der Waals surface area contributed by atoms with E-state index in [1.807, 2.05) is 13.8 Å². The molecule has 3 aliphatic heterocycles. The van der Waals surface area contributed by atoms with E-state index in [9.17, 15) is 28.6 Å². The number of aliphatic hydroxyl groups is 2. The van der Waals surface area contributed by atoms with Crippen molar-refractivity contribution in [2.24, 2.45) is 5.92 Å². The molecule has 0 radical (unpaired) electrons. The van der Waals surface area contributed by atoms with Crippen molar-refractivity contribution in [3.8, 4) is 0 Å². The van der Waals surface area contributed by atoms with E-state index in [1.165, 1.54) is 17.2 Å². The second-order valence-corrected chi connectivity index (χ2v) is 8.10. The van der Waals surface area contributed by atoms with Crippen molar-refractivity contribution < 1.29 is 33.3 Å². The minimum Gasteiger partial charge on any atom is -0.507 e. The van der Waals surface area contributed by atoms with Crippen molar-refractivity contribution in [1.82, 2.24) is 15.1 Å². The van der Waals surface area contributed by atoms with Gasteiger partial charge in [0.2, 0.25) is 0 Å². The molecule has 1 aromatic rings. The third kappa shape index (κ3) is 3.66. The average Bonchev–Trinajstić information content (AvgIpc) is 3.14. The maximum absolute atomic E-state index is 13.8. The highest BCUT2D eigenvalue weighted by atomic mass is 19.1. The lowest BCUT2D eigenvalue weighted by atomic mass is 9.98. The van der Waals surface area contributed by atoms with Gasteiger partial charge in [0, 0.05) is 24.4 Å². The predicted octanol–water partition coefficient (Wildman–Crippen LogP) is 1.13. The second kappa shape index (κ2) is 7.93. The third-order valence-corrected chi connectivity index (χ3v) is 5.78. The van der Waals surface area contributed by atoms with E-state index >= 15 is 0 Å². The summed E-state index contributed by atoms with van der Waals surface area (Å²) in [5.41, 5.74) is -0.242. The maximum atomic E-state index is 13.8. The van der Waals surface area contributed by atoms with Crippen molar-refractivity contribution in [1.29, 1.82) is 0 Å². The fourth-order valence-electron chi connectivity index (χ4n) is 4.04. The highest BCUT2D eigenvalue weighted by Crippen LogP contribution is 2.35. The van der Waals surface area contributed by atoms with Crippen LogP contribution in [-0.4, -0.2) is 63.4 Å². The Kier molecular flexibility index (Phi) is 5.44. The van der Waals surface area contributed by atoms with Crippen LogP contribution in [0.15, 0.2) is 41.4 Å². The molecule has 1 aromatic carbocycles. The van der Waals surface area contributed by atoms with Crippen LogP contribution in [0, 0.1) is 17.6 Å². The average molecular weight is 435 g/mol. The van der Waals surface area contributed by atoms with Gasteiger partial charge in [0.1, 0.15) is 23.4 Å². The van der Waals surface area contributed by atoms with Crippen LogP contribution in [0.2, 0.25) is 0 Å². The molecule has 0 aliphatic carbocycles. The zero-order chi connectivity index (χ0) is 22.4. The summed E-state index contributed by atoms with van der Waals surface area (Å²) in [5, 5.41) is 23.5. The van der Waals surface area contributed by atoms with Gasteiger partial charge in [-0.15, -0.1) is 0 Å². The Morgan fingerprint density at radius 2 is 2.10 bits per heavy atom. The van der Waals surface area contributed by atoms with Crippen LogP contribution in [0.5, 0.6) is 0 Å². The van der Waals surface area contributed by atoms with Gasteiger partial charge in [-0.3, -0.25) is 9.59 Å². The molecule has 2 fully saturated rings. The van der Waals surface area contributed by atoms with Gasteiger partial charge in [0.05, 0.1) is 24.8 Å². The van der Waals surface area contributed by atoms with Crippen molar-refractivity contribution in [2.45, 2.75) is 38.8 Å². The zero-order valence-electron chi connectivity index (χ0n) is 17.0. The molecular weight excluding hydrogens is 412 g/mol. The fourth-order valence-corrected chi connectivity index (χ4v) is 4.04. The number of fused-ring (bicyclic) bond motifs is 2. The molecule has 4 rings (SSSR count). The normalized spacial score (nSPS) is 25.5. The molecule has 3 heterocycles. The number of nitrogens with zero attached hydrogens (tertiary/aromatic N) is 2. The summed E-state index contributed by atoms with van der Waals surface area (Å²) in [7, 11) is 0. The largest absolute Gasteiger partial charge is 0.507 e. The number of benzene rings is 1. The number of hydrogen-bond acceptors (Lipinski definition) is 6. The first kappa shape index (κ1) is 21.3. The Hall–Kier alpha value is -2.98. The van der Waals surface area contributed by atoms with E-state index in [0.29, 0.717) is 12.7 Å². The molecule has 0 bridgehead atoms. The first-order chi connectivity index (χ1) is 14.7. The number of ether oxygens (including phenoxy) is 1. The van der Waals surface area contributed by atoms with Gasteiger partial charge in [-0.05, 0) is 12.0 Å². The van der Waals surface area contributed by atoms with Gasteiger partial charge in [-0.1, -0.05) is 19.9 Å². The van der Waals surface area contributed by atoms with Crippen LogP contribution in [0.1, 0.15) is 19.4 Å². The Morgan fingerprint density at radius 3 is 2.77 bits per heavy atom. The second-order valence-electron chi connectivity index (χ2n) is 8.10. The standard InChI is InChI=1S/C21H23F2N3O5/c1-10(2)15-9-31-16-8-25-7-13(18(27)19(28)17(25)21(30)26(15)16)20(29)24-6-11-3-4-12(22)5-14(11)23/h3-5,7,10,15-16,18,27-28H,6,8-9H2,1-2H3,(H,24,29)/t15-,16-,18?/m0/s1. The van der Waals surface area contributed by atoms with E-state index in [1.54, 1.807) is 4.90 Å². The number of nitrogens with one attached hydrogen (secondary N) is 1. The summed E-state index contributed by atoms with van der Waals surface area (Å²) in [4.78, 5) is 28.6. The van der Waals surface area contributed by atoms with Crippen LogP contribution >= 0.6 is 0 Å². The molecule has 8 nitrogen and oxygen atoms in total. The van der Waals surface area contributed by atoms with Gasteiger partial charge in [0.15, 0.2) is 12.0 Å². The van der Waals surface area contributed by atoms with Crippen molar-refractivity contribution in [2.75, 3.05) is 13.2 Å². The molecule has 0 saturated carbocycles. The summed E-state index contributed by atoms with van der Waals surface area (Å²) in [6.45, 7) is 4.22. The number of amides is 2. The zero-order valence-corrected chi connectivity index (χ0v) is 17.0. The molecule has 3 atom stereocenters. The highest BCUT2D eigenvalue weighted by molar-refractivity contribution is 5.99. The smallest absolute Gasteiger partial charge is 0.276 e. The van der Waals surface area contributed by atoms with E-state index in [-0.39, 0.29) is 41.9 Å². The number of carbonyl (C=O) groups excluding carboxylic acids is 2. The number of hydrogen-bond donors (Lipinski definition) is 3. The molecule has 2 saturated heterocycles. The number of halogens is 2. The molecule has 3 N–H and O–H groups in total. The lowest BCUT2D eigenvalue weighted by molar-refractivity contribution is -0.142. The van der Waals surface area contributed by atoms with Crippen molar-refractivity contribution >= 4 is 11.8 Å². The summed E-state index contributed by atoms with van der Waals surface area (Å²) in [6.07, 6.45) is -0.969. The number of carbonyl (C=O) groups is 2. The van der Waals surface area contributed by atoms with Gasteiger partial charge in [-0.25, -0.2) is 8.78 Å². The van der Waals surface area contributed by atoms with E-state index in [2.05, 4.69) is 5.32 Å². The van der Waals surface area contributed by atoms with E-state index in [4.69, 9.17) is 4.74 Å². The van der Waals surface area contributed by atoms with Crippen LogP contribution < -0.4 is 5.32 Å².